The van der Waals surface area contributed by atoms with Gasteiger partial charge >= 0.3 is 0 Å². The highest BCUT2D eigenvalue weighted by Gasteiger charge is 2.14. The third-order valence-corrected chi connectivity index (χ3v) is 2.53. The maximum atomic E-state index is 12.8. The van der Waals surface area contributed by atoms with Gasteiger partial charge < -0.3 is 5.32 Å². The van der Waals surface area contributed by atoms with E-state index in [1.165, 1.54) is 18.9 Å². The van der Waals surface area contributed by atoms with E-state index in [0.717, 1.165) is 18.5 Å². The molecule has 2 rings (SSSR count). The Hall–Kier alpha value is -0.890. The molecule has 0 spiro atoms. The molecule has 2 heteroatoms. The summed E-state index contributed by atoms with van der Waals surface area (Å²) in [6, 6.07) is 7.44. The molecule has 0 bridgehead atoms. The topological polar surface area (TPSA) is 12.0 Å². The third kappa shape index (κ3) is 2.28. The van der Waals surface area contributed by atoms with Gasteiger partial charge in [0.25, 0.3) is 0 Å². The number of halogens is 1. The maximum Gasteiger partial charge on any atom is 0.123 e. The minimum Gasteiger partial charge on any atom is -0.314 e. The number of hydrogen-bond acceptors (Lipinski definition) is 1. The zero-order valence-electron chi connectivity index (χ0n) is 7.59. The molecule has 0 amide bonds. The summed E-state index contributed by atoms with van der Waals surface area (Å²) in [5.74, 6) is -0.129. The fourth-order valence-electron chi connectivity index (χ4n) is 1.88. The summed E-state index contributed by atoms with van der Waals surface area (Å²) in [5.41, 5.74) is 1.10. The molecule has 1 N–H and O–H groups in total. The van der Waals surface area contributed by atoms with E-state index in [0.29, 0.717) is 6.04 Å². The van der Waals surface area contributed by atoms with Crippen LogP contribution in [0.25, 0.3) is 0 Å². The molecule has 1 aliphatic rings. The van der Waals surface area contributed by atoms with Crippen LogP contribution in [0.4, 0.5) is 4.39 Å². The Bertz CT molecular complexity index is 279. The second-order valence-electron chi connectivity index (χ2n) is 3.63. The van der Waals surface area contributed by atoms with E-state index in [-0.39, 0.29) is 5.82 Å². The standard InChI is InChI=1S/C11H14FN/c12-10-4-1-3-9(7-10)8-11-5-2-6-13-11/h1,3-4,7,11,13H,2,5-6,8H2. The van der Waals surface area contributed by atoms with Gasteiger partial charge in [0.15, 0.2) is 0 Å². The van der Waals surface area contributed by atoms with Gasteiger partial charge in [-0.25, -0.2) is 4.39 Å². The number of hydrogen-bond donors (Lipinski definition) is 1. The van der Waals surface area contributed by atoms with Crippen molar-refractivity contribution in [3.8, 4) is 0 Å². The fraction of sp³-hybridized carbons (Fsp3) is 0.455. The van der Waals surface area contributed by atoms with Crippen molar-refractivity contribution in [3.63, 3.8) is 0 Å². The van der Waals surface area contributed by atoms with Crippen LogP contribution in [0.3, 0.4) is 0 Å². The second kappa shape index (κ2) is 3.88. The lowest BCUT2D eigenvalue weighted by atomic mass is 10.0. The molecule has 1 aromatic carbocycles. The number of benzene rings is 1. The molecular weight excluding hydrogens is 165 g/mol. The van der Waals surface area contributed by atoms with Crippen molar-refractivity contribution in [1.82, 2.24) is 5.32 Å². The van der Waals surface area contributed by atoms with Crippen LogP contribution in [0.1, 0.15) is 18.4 Å². The van der Waals surface area contributed by atoms with Gasteiger partial charge in [-0.1, -0.05) is 12.1 Å². The van der Waals surface area contributed by atoms with Crippen molar-refractivity contribution in [2.45, 2.75) is 25.3 Å². The molecule has 0 aromatic heterocycles. The van der Waals surface area contributed by atoms with Crippen LogP contribution in [0.5, 0.6) is 0 Å². The summed E-state index contributed by atoms with van der Waals surface area (Å²) in [5, 5.41) is 3.40. The Morgan fingerprint density at radius 3 is 3.08 bits per heavy atom. The van der Waals surface area contributed by atoms with Gasteiger partial charge in [0, 0.05) is 6.04 Å². The molecule has 1 fully saturated rings. The lowest BCUT2D eigenvalue weighted by molar-refractivity contribution is 0.593. The van der Waals surface area contributed by atoms with E-state index in [2.05, 4.69) is 5.32 Å². The zero-order valence-corrected chi connectivity index (χ0v) is 7.59. The van der Waals surface area contributed by atoms with Gasteiger partial charge in [-0.3, -0.25) is 0 Å². The maximum absolute atomic E-state index is 12.8. The fourth-order valence-corrected chi connectivity index (χ4v) is 1.88. The Balaban J connectivity index is 2.00. The summed E-state index contributed by atoms with van der Waals surface area (Å²) >= 11 is 0. The molecule has 1 nitrogen and oxygen atoms in total. The highest BCUT2D eigenvalue weighted by Crippen LogP contribution is 2.12. The second-order valence-corrected chi connectivity index (χ2v) is 3.63. The van der Waals surface area contributed by atoms with Crippen LogP contribution in [0, 0.1) is 5.82 Å². The summed E-state index contributed by atoms with van der Waals surface area (Å²) in [6.07, 6.45) is 3.42. The van der Waals surface area contributed by atoms with Crippen molar-refractivity contribution >= 4 is 0 Å². The van der Waals surface area contributed by atoms with E-state index in [1.807, 2.05) is 6.07 Å². The Morgan fingerprint density at radius 1 is 1.46 bits per heavy atom. The van der Waals surface area contributed by atoms with Crippen LogP contribution in [-0.4, -0.2) is 12.6 Å². The molecule has 0 aliphatic carbocycles. The lowest BCUT2D eigenvalue weighted by Crippen LogP contribution is -2.23. The predicted octanol–water partition coefficient (Wildman–Crippen LogP) is 2.12. The van der Waals surface area contributed by atoms with Crippen LogP contribution < -0.4 is 5.32 Å². The normalized spacial score (nSPS) is 22.1. The van der Waals surface area contributed by atoms with Gasteiger partial charge in [0.2, 0.25) is 0 Å². The smallest absolute Gasteiger partial charge is 0.123 e. The minimum absolute atomic E-state index is 0.129. The highest BCUT2D eigenvalue weighted by molar-refractivity contribution is 5.17. The first kappa shape index (κ1) is 8.70. The van der Waals surface area contributed by atoms with Crippen LogP contribution in [0.2, 0.25) is 0 Å². The monoisotopic (exact) mass is 179 g/mol. The van der Waals surface area contributed by atoms with Crippen LogP contribution in [0.15, 0.2) is 24.3 Å². The first-order valence-corrected chi connectivity index (χ1v) is 4.82. The van der Waals surface area contributed by atoms with Crippen molar-refractivity contribution in [3.05, 3.63) is 35.6 Å². The molecule has 1 unspecified atom stereocenters. The van der Waals surface area contributed by atoms with Gasteiger partial charge in [0.1, 0.15) is 5.82 Å². The third-order valence-electron chi connectivity index (χ3n) is 2.53. The van der Waals surface area contributed by atoms with Crippen molar-refractivity contribution in [2.24, 2.45) is 0 Å². The quantitative estimate of drug-likeness (QED) is 0.733. The lowest BCUT2D eigenvalue weighted by Gasteiger charge is -2.09. The predicted molar refractivity (Wildman–Crippen MR) is 51.1 cm³/mol. The molecule has 13 heavy (non-hydrogen) atoms. The molecule has 0 saturated carbocycles. The van der Waals surface area contributed by atoms with Crippen molar-refractivity contribution < 1.29 is 4.39 Å². The molecule has 1 saturated heterocycles. The molecule has 1 aliphatic heterocycles. The number of nitrogens with one attached hydrogen (secondary N) is 1. The average Bonchev–Trinajstić information content (AvgIpc) is 2.57. The minimum atomic E-state index is -0.129. The van der Waals surface area contributed by atoms with Crippen molar-refractivity contribution in [2.75, 3.05) is 6.54 Å². The molecule has 0 radical (unpaired) electrons. The summed E-state index contributed by atoms with van der Waals surface area (Å²) in [6.45, 7) is 1.11. The first-order chi connectivity index (χ1) is 6.34. The van der Waals surface area contributed by atoms with E-state index < -0.39 is 0 Å². The van der Waals surface area contributed by atoms with Crippen LogP contribution in [-0.2, 0) is 6.42 Å². The van der Waals surface area contributed by atoms with Gasteiger partial charge in [-0.15, -0.1) is 0 Å². The molecule has 1 atom stereocenters. The van der Waals surface area contributed by atoms with Gasteiger partial charge in [0.05, 0.1) is 0 Å². The summed E-state index contributed by atoms with van der Waals surface area (Å²) < 4.78 is 12.8. The summed E-state index contributed by atoms with van der Waals surface area (Å²) in [7, 11) is 0. The average molecular weight is 179 g/mol. The zero-order chi connectivity index (χ0) is 9.10. The van der Waals surface area contributed by atoms with E-state index in [9.17, 15) is 4.39 Å². The largest absolute Gasteiger partial charge is 0.314 e. The molecule has 70 valence electrons. The SMILES string of the molecule is Fc1cccc(CC2CCCN2)c1. The Kier molecular flexibility index (Phi) is 2.60. The van der Waals surface area contributed by atoms with E-state index in [4.69, 9.17) is 0 Å². The Labute approximate surface area is 78.0 Å². The van der Waals surface area contributed by atoms with Crippen molar-refractivity contribution in [1.29, 1.82) is 0 Å². The molecule has 1 heterocycles. The molecular formula is C11H14FN. The molecule has 1 aromatic rings. The van der Waals surface area contributed by atoms with Gasteiger partial charge in [-0.2, -0.15) is 0 Å². The summed E-state index contributed by atoms with van der Waals surface area (Å²) in [4.78, 5) is 0. The Morgan fingerprint density at radius 2 is 2.38 bits per heavy atom. The number of rotatable bonds is 2. The van der Waals surface area contributed by atoms with Gasteiger partial charge in [-0.05, 0) is 43.5 Å². The van der Waals surface area contributed by atoms with E-state index in [1.54, 1.807) is 12.1 Å². The van der Waals surface area contributed by atoms with Crippen LogP contribution >= 0.6 is 0 Å². The van der Waals surface area contributed by atoms with E-state index >= 15 is 0 Å². The first-order valence-electron chi connectivity index (χ1n) is 4.82. The highest BCUT2D eigenvalue weighted by atomic mass is 19.1.